The van der Waals surface area contributed by atoms with Gasteiger partial charge < -0.3 is 15.5 Å². The molecular formula is C23H21NO4. The molecule has 0 heterocycles. The number of benzene rings is 3. The molecule has 0 fully saturated rings. The van der Waals surface area contributed by atoms with Crippen LogP contribution in [0.5, 0.6) is 0 Å². The summed E-state index contributed by atoms with van der Waals surface area (Å²) in [6.45, 7) is 0. The smallest absolute Gasteiger partial charge is 0.326 e. The third-order valence-electron chi connectivity index (χ3n) is 4.48. The van der Waals surface area contributed by atoms with Gasteiger partial charge in [0.05, 0.1) is 0 Å². The van der Waals surface area contributed by atoms with Crippen LogP contribution in [0.4, 0.5) is 0 Å². The lowest BCUT2D eigenvalue weighted by atomic mass is 10.0. The number of hydrogen-bond donors (Lipinski definition) is 3. The van der Waals surface area contributed by atoms with Gasteiger partial charge in [0.1, 0.15) is 6.04 Å². The highest BCUT2D eigenvalue weighted by Gasteiger charge is 2.25. The summed E-state index contributed by atoms with van der Waals surface area (Å²) in [7, 11) is 0. The number of carboxylic acids is 1. The van der Waals surface area contributed by atoms with E-state index in [0.29, 0.717) is 5.56 Å². The highest BCUT2D eigenvalue weighted by atomic mass is 16.4. The number of amides is 1. The van der Waals surface area contributed by atoms with Gasteiger partial charge in [-0.05, 0) is 22.3 Å². The number of carboxylic acid groups (broad SMARTS) is 1. The Morgan fingerprint density at radius 1 is 0.786 bits per heavy atom. The van der Waals surface area contributed by atoms with Crippen LogP contribution in [0.25, 0.3) is 11.1 Å². The molecule has 2 atom stereocenters. The van der Waals surface area contributed by atoms with Crippen molar-refractivity contribution in [3.63, 3.8) is 0 Å². The maximum absolute atomic E-state index is 12.3. The Kier molecular flexibility index (Phi) is 6.19. The molecule has 0 saturated carbocycles. The molecule has 0 radical (unpaired) electrons. The summed E-state index contributed by atoms with van der Waals surface area (Å²) in [5.74, 6) is -1.89. The number of aliphatic carboxylic acids is 1. The van der Waals surface area contributed by atoms with Gasteiger partial charge in [0.2, 0.25) is 0 Å². The Bertz CT molecular complexity index is 924. The predicted octanol–water partition coefficient (Wildman–Crippen LogP) is 3.20. The number of carbonyl (C=O) groups is 2. The van der Waals surface area contributed by atoms with Crippen molar-refractivity contribution in [3.05, 3.63) is 96.1 Å². The highest BCUT2D eigenvalue weighted by molar-refractivity contribution is 5.87. The van der Waals surface area contributed by atoms with Crippen molar-refractivity contribution < 1.29 is 19.8 Å². The normalized spacial score (nSPS) is 12.8. The van der Waals surface area contributed by atoms with E-state index in [2.05, 4.69) is 5.32 Å². The molecule has 0 bridgehead atoms. The molecule has 28 heavy (non-hydrogen) atoms. The van der Waals surface area contributed by atoms with Crippen LogP contribution in [0, 0.1) is 0 Å². The zero-order valence-corrected chi connectivity index (χ0v) is 15.2. The quantitative estimate of drug-likeness (QED) is 0.592. The highest BCUT2D eigenvalue weighted by Crippen LogP contribution is 2.20. The topological polar surface area (TPSA) is 86.6 Å². The van der Waals surface area contributed by atoms with Crippen molar-refractivity contribution in [2.24, 2.45) is 0 Å². The van der Waals surface area contributed by atoms with Crippen molar-refractivity contribution in [2.45, 2.75) is 18.6 Å². The third-order valence-corrected chi connectivity index (χ3v) is 4.48. The number of aliphatic hydroxyl groups excluding tert-OH is 1. The number of nitrogens with one attached hydrogen (secondary N) is 1. The lowest BCUT2D eigenvalue weighted by Gasteiger charge is -2.18. The second-order valence-electron chi connectivity index (χ2n) is 6.48. The van der Waals surface area contributed by atoms with E-state index in [1.165, 1.54) is 0 Å². The molecule has 0 aliphatic rings. The van der Waals surface area contributed by atoms with E-state index in [-0.39, 0.29) is 6.42 Å². The second kappa shape index (κ2) is 8.97. The van der Waals surface area contributed by atoms with Crippen LogP contribution in [-0.4, -0.2) is 28.1 Å². The van der Waals surface area contributed by atoms with E-state index in [9.17, 15) is 19.8 Å². The maximum atomic E-state index is 12.3. The van der Waals surface area contributed by atoms with Crippen LogP contribution in [0.1, 0.15) is 17.2 Å². The standard InChI is InChI=1S/C23H21NO4/c25-21(19-9-5-2-6-10-19)22(26)24-20(23(27)28)15-16-11-13-18(14-12-16)17-7-3-1-4-8-17/h1-14,20-21,25H,15H2,(H,24,26)(H,27,28)/t20-,21-/m0/s1. The fourth-order valence-electron chi connectivity index (χ4n) is 2.94. The van der Waals surface area contributed by atoms with Gasteiger partial charge in [0, 0.05) is 6.42 Å². The van der Waals surface area contributed by atoms with E-state index in [1.807, 2.05) is 54.6 Å². The van der Waals surface area contributed by atoms with E-state index < -0.39 is 24.0 Å². The summed E-state index contributed by atoms with van der Waals surface area (Å²) in [5, 5.41) is 22.0. The number of hydrogen-bond acceptors (Lipinski definition) is 3. The average Bonchev–Trinajstić information content (AvgIpc) is 2.74. The van der Waals surface area contributed by atoms with Crippen molar-refractivity contribution in [1.82, 2.24) is 5.32 Å². The van der Waals surface area contributed by atoms with Crippen LogP contribution in [0.3, 0.4) is 0 Å². The lowest BCUT2D eigenvalue weighted by Crippen LogP contribution is -2.44. The first kappa shape index (κ1) is 19.3. The largest absolute Gasteiger partial charge is 0.480 e. The van der Waals surface area contributed by atoms with E-state index in [0.717, 1.165) is 16.7 Å². The van der Waals surface area contributed by atoms with Gasteiger partial charge in [-0.2, -0.15) is 0 Å². The van der Waals surface area contributed by atoms with Gasteiger partial charge in [-0.25, -0.2) is 4.79 Å². The van der Waals surface area contributed by atoms with Crippen molar-refractivity contribution in [2.75, 3.05) is 0 Å². The fraction of sp³-hybridized carbons (Fsp3) is 0.130. The third kappa shape index (κ3) is 4.84. The summed E-state index contributed by atoms with van der Waals surface area (Å²) in [6.07, 6.45) is -1.29. The molecule has 0 saturated heterocycles. The zero-order valence-electron chi connectivity index (χ0n) is 15.2. The molecule has 1 amide bonds. The van der Waals surface area contributed by atoms with Crippen LogP contribution in [0.2, 0.25) is 0 Å². The minimum absolute atomic E-state index is 0.123. The van der Waals surface area contributed by atoms with E-state index in [1.54, 1.807) is 30.3 Å². The maximum Gasteiger partial charge on any atom is 0.326 e. The Labute approximate surface area is 163 Å². The first-order valence-electron chi connectivity index (χ1n) is 8.95. The van der Waals surface area contributed by atoms with Gasteiger partial charge >= 0.3 is 5.97 Å². The molecule has 142 valence electrons. The van der Waals surface area contributed by atoms with Crippen molar-refractivity contribution in [3.8, 4) is 11.1 Å². The monoisotopic (exact) mass is 375 g/mol. The van der Waals surface area contributed by atoms with Crippen LogP contribution >= 0.6 is 0 Å². The minimum atomic E-state index is -1.41. The number of rotatable bonds is 7. The molecule has 5 nitrogen and oxygen atoms in total. The minimum Gasteiger partial charge on any atom is -0.480 e. The molecule has 0 aliphatic heterocycles. The molecule has 0 aromatic heterocycles. The van der Waals surface area contributed by atoms with Crippen LogP contribution < -0.4 is 5.32 Å². The van der Waals surface area contributed by atoms with E-state index >= 15 is 0 Å². The predicted molar refractivity (Wildman–Crippen MR) is 107 cm³/mol. The summed E-state index contributed by atoms with van der Waals surface area (Å²) in [4.78, 5) is 23.9. The van der Waals surface area contributed by atoms with Crippen molar-refractivity contribution >= 4 is 11.9 Å². The molecule has 3 aromatic rings. The second-order valence-corrected chi connectivity index (χ2v) is 6.48. The molecule has 0 aliphatic carbocycles. The number of aliphatic hydroxyl groups is 1. The molecule has 0 unspecified atom stereocenters. The van der Waals surface area contributed by atoms with Gasteiger partial charge in [0.25, 0.3) is 5.91 Å². The molecule has 3 aromatic carbocycles. The molecular weight excluding hydrogens is 354 g/mol. The fourth-order valence-corrected chi connectivity index (χ4v) is 2.94. The van der Waals surface area contributed by atoms with Crippen molar-refractivity contribution in [1.29, 1.82) is 0 Å². The molecule has 5 heteroatoms. The first-order chi connectivity index (χ1) is 13.5. The average molecular weight is 375 g/mol. The zero-order chi connectivity index (χ0) is 19.9. The summed E-state index contributed by atoms with van der Waals surface area (Å²) in [5.41, 5.74) is 3.29. The Balaban J connectivity index is 1.68. The summed E-state index contributed by atoms with van der Waals surface area (Å²) in [6, 6.07) is 24.7. The Hall–Kier alpha value is -3.44. The molecule has 3 rings (SSSR count). The summed E-state index contributed by atoms with van der Waals surface area (Å²) < 4.78 is 0. The Morgan fingerprint density at radius 3 is 1.89 bits per heavy atom. The van der Waals surface area contributed by atoms with Gasteiger partial charge in [-0.1, -0.05) is 84.9 Å². The summed E-state index contributed by atoms with van der Waals surface area (Å²) >= 11 is 0. The van der Waals surface area contributed by atoms with Gasteiger partial charge in [-0.3, -0.25) is 4.79 Å². The van der Waals surface area contributed by atoms with Crippen LogP contribution in [0.15, 0.2) is 84.9 Å². The first-order valence-corrected chi connectivity index (χ1v) is 8.95. The Morgan fingerprint density at radius 2 is 1.32 bits per heavy atom. The van der Waals surface area contributed by atoms with E-state index in [4.69, 9.17) is 0 Å². The molecule has 0 spiro atoms. The number of carbonyl (C=O) groups excluding carboxylic acids is 1. The lowest BCUT2D eigenvalue weighted by molar-refractivity contribution is -0.143. The van der Waals surface area contributed by atoms with Gasteiger partial charge in [-0.15, -0.1) is 0 Å². The van der Waals surface area contributed by atoms with Crippen LogP contribution in [-0.2, 0) is 16.0 Å². The van der Waals surface area contributed by atoms with Gasteiger partial charge in [0.15, 0.2) is 6.10 Å². The molecule has 3 N–H and O–H groups in total. The SMILES string of the molecule is O=C(O)[C@H](Cc1ccc(-c2ccccc2)cc1)NC(=O)[C@@H](O)c1ccccc1.